The maximum Gasteiger partial charge on any atom is 0.286 e. The third-order valence-corrected chi connectivity index (χ3v) is 1.43. The van der Waals surface area contributed by atoms with Gasteiger partial charge in [0.15, 0.2) is 0 Å². The number of unbranched alkanes of at least 4 members (excludes halogenated alkanes) is 1. The van der Waals surface area contributed by atoms with Gasteiger partial charge < -0.3 is 0 Å². The lowest BCUT2D eigenvalue weighted by atomic mass is 10.3. The zero-order valence-corrected chi connectivity index (χ0v) is 6.33. The maximum absolute atomic E-state index is 4.00. The van der Waals surface area contributed by atoms with Crippen LogP contribution in [-0.4, -0.2) is 4.98 Å². The molecule has 2 heteroatoms. The second kappa shape index (κ2) is 3.99. The molecule has 0 bridgehead atoms. The predicted octanol–water partition coefficient (Wildman–Crippen LogP) is 1.17. The third-order valence-electron chi connectivity index (χ3n) is 1.43. The number of hydrogen-bond donors (Lipinski definition) is 0. The number of aromatic nitrogens is 2. The second-order valence-corrected chi connectivity index (χ2v) is 2.35. The van der Waals surface area contributed by atoms with Crippen LogP contribution in [0, 0.1) is 0 Å². The first kappa shape index (κ1) is 7.19. The second-order valence-electron chi connectivity index (χ2n) is 2.35. The number of nitrogens with zero attached hydrogens (tertiary/aromatic N) is 2. The van der Waals surface area contributed by atoms with E-state index in [2.05, 4.69) is 16.5 Å². The molecule has 1 aromatic heterocycles. The van der Waals surface area contributed by atoms with Gasteiger partial charge in [0.1, 0.15) is 6.20 Å². The summed E-state index contributed by atoms with van der Waals surface area (Å²) in [7, 11) is 0. The van der Waals surface area contributed by atoms with Gasteiger partial charge in [0.05, 0.1) is 12.7 Å². The Kier molecular flexibility index (Phi) is 2.87. The Morgan fingerprint density at radius 1 is 1.50 bits per heavy atom. The molecule has 1 aromatic rings. The number of rotatable bonds is 3. The Bertz CT molecular complexity index is 172. The molecular weight excluding hydrogens is 124 g/mol. The van der Waals surface area contributed by atoms with Gasteiger partial charge in [0, 0.05) is 6.07 Å². The van der Waals surface area contributed by atoms with Crippen LogP contribution in [-0.2, 0) is 6.54 Å². The fraction of sp³-hybridized carbons (Fsp3) is 0.500. The van der Waals surface area contributed by atoms with E-state index in [0.717, 1.165) is 6.54 Å². The Labute approximate surface area is 61.5 Å². The summed E-state index contributed by atoms with van der Waals surface area (Å²) in [6, 6.07) is 1.95. The third kappa shape index (κ3) is 2.13. The summed E-state index contributed by atoms with van der Waals surface area (Å²) in [6.45, 7) is 3.28. The maximum atomic E-state index is 4.00. The van der Waals surface area contributed by atoms with Gasteiger partial charge >= 0.3 is 0 Å². The smallest absolute Gasteiger partial charge is 0.237 e. The van der Waals surface area contributed by atoms with E-state index in [0.29, 0.717) is 0 Å². The summed E-state index contributed by atoms with van der Waals surface area (Å²) >= 11 is 0. The minimum absolute atomic E-state index is 1.09. The fourth-order valence-electron chi connectivity index (χ4n) is 0.834. The molecule has 0 aliphatic rings. The summed E-state index contributed by atoms with van der Waals surface area (Å²) < 4.78 is 2.10. The molecule has 10 heavy (non-hydrogen) atoms. The largest absolute Gasteiger partial charge is 0.286 e. The van der Waals surface area contributed by atoms with E-state index >= 15 is 0 Å². The van der Waals surface area contributed by atoms with E-state index in [1.165, 1.54) is 12.8 Å². The lowest BCUT2D eigenvalue weighted by Crippen LogP contribution is -2.32. The van der Waals surface area contributed by atoms with Gasteiger partial charge in [0.25, 0.3) is 6.33 Å². The minimum atomic E-state index is 1.09. The van der Waals surface area contributed by atoms with Crippen LogP contribution < -0.4 is 4.57 Å². The normalized spacial score (nSPS) is 9.70. The lowest BCUT2D eigenvalue weighted by molar-refractivity contribution is -0.700. The van der Waals surface area contributed by atoms with Gasteiger partial charge in [-0.2, -0.15) is 0 Å². The molecule has 0 saturated heterocycles. The molecule has 2 nitrogen and oxygen atoms in total. The van der Waals surface area contributed by atoms with E-state index in [9.17, 15) is 0 Å². The Morgan fingerprint density at radius 2 is 2.40 bits per heavy atom. The van der Waals surface area contributed by atoms with Crippen LogP contribution in [0.2, 0.25) is 0 Å². The molecule has 0 aliphatic heterocycles. The molecule has 0 spiro atoms. The SMILES string of the molecule is CCCC[n+]1cccnc1. The molecule has 0 fully saturated rings. The number of hydrogen-bond acceptors (Lipinski definition) is 1. The summed E-state index contributed by atoms with van der Waals surface area (Å²) in [5, 5.41) is 0. The van der Waals surface area contributed by atoms with Crippen molar-refractivity contribution in [3.8, 4) is 0 Å². The van der Waals surface area contributed by atoms with Crippen molar-refractivity contribution in [3.05, 3.63) is 24.8 Å². The first-order valence-electron chi connectivity index (χ1n) is 3.72. The van der Waals surface area contributed by atoms with E-state index in [4.69, 9.17) is 0 Å². The summed E-state index contributed by atoms with van der Waals surface area (Å²) in [4.78, 5) is 4.00. The summed E-state index contributed by atoms with van der Waals surface area (Å²) in [6.07, 6.45) is 8.17. The standard InChI is InChI=1S/C8H13N2/c1-2-3-6-10-7-4-5-9-8-10/h4-5,7-8H,2-3,6H2,1H3/q+1. The molecule has 0 radical (unpaired) electrons. The zero-order chi connectivity index (χ0) is 7.23. The van der Waals surface area contributed by atoms with Crippen LogP contribution in [0.3, 0.4) is 0 Å². The Balaban J connectivity index is 2.43. The minimum Gasteiger partial charge on any atom is -0.237 e. The first-order valence-corrected chi connectivity index (χ1v) is 3.72. The topological polar surface area (TPSA) is 16.8 Å². The van der Waals surface area contributed by atoms with Crippen LogP contribution in [0.5, 0.6) is 0 Å². The van der Waals surface area contributed by atoms with Gasteiger partial charge in [-0.3, -0.25) is 0 Å². The molecule has 0 N–H and O–H groups in total. The molecule has 1 rings (SSSR count). The monoisotopic (exact) mass is 137 g/mol. The Morgan fingerprint density at radius 3 is 3.00 bits per heavy atom. The highest BCUT2D eigenvalue weighted by Crippen LogP contribution is 1.84. The lowest BCUT2D eigenvalue weighted by Gasteiger charge is -1.93. The molecule has 0 atom stereocenters. The summed E-state index contributed by atoms with van der Waals surface area (Å²) in [5.74, 6) is 0. The van der Waals surface area contributed by atoms with E-state index in [1.807, 2.05) is 18.6 Å². The summed E-state index contributed by atoms with van der Waals surface area (Å²) in [5.41, 5.74) is 0. The van der Waals surface area contributed by atoms with Gasteiger partial charge in [-0.15, -0.1) is 0 Å². The van der Waals surface area contributed by atoms with Crippen LogP contribution in [0.15, 0.2) is 24.8 Å². The van der Waals surface area contributed by atoms with Crippen LogP contribution in [0.4, 0.5) is 0 Å². The van der Waals surface area contributed by atoms with E-state index in [1.54, 1.807) is 6.20 Å². The molecular formula is C8H13N2+. The fourth-order valence-corrected chi connectivity index (χ4v) is 0.834. The molecule has 0 amide bonds. The highest BCUT2D eigenvalue weighted by atomic mass is 15.0. The molecule has 1 heterocycles. The van der Waals surface area contributed by atoms with Gasteiger partial charge in [-0.05, 0) is 6.42 Å². The predicted molar refractivity (Wildman–Crippen MR) is 39.3 cm³/mol. The van der Waals surface area contributed by atoms with Crippen molar-refractivity contribution in [1.82, 2.24) is 4.98 Å². The van der Waals surface area contributed by atoms with Crippen molar-refractivity contribution in [2.45, 2.75) is 26.3 Å². The van der Waals surface area contributed by atoms with Crippen molar-refractivity contribution in [3.63, 3.8) is 0 Å². The van der Waals surface area contributed by atoms with Crippen LogP contribution in [0.1, 0.15) is 19.8 Å². The van der Waals surface area contributed by atoms with Crippen molar-refractivity contribution in [2.24, 2.45) is 0 Å². The van der Waals surface area contributed by atoms with Gasteiger partial charge in [-0.1, -0.05) is 18.3 Å². The first-order chi connectivity index (χ1) is 4.93. The highest BCUT2D eigenvalue weighted by Gasteiger charge is 1.92. The van der Waals surface area contributed by atoms with Crippen molar-refractivity contribution < 1.29 is 4.57 Å². The number of aryl methyl sites for hydroxylation is 1. The average molecular weight is 137 g/mol. The van der Waals surface area contributed by atoms with Crippen molar-refractivity contribution in [1.29, 1.82) is 0 Å². The zero-order valence-electron chi connectivity index (χ0n) is 6.33. The molecule has 0 saturated carbocycles. The van der Waals surface area contributed by atoms with Crippen molar-refractivity contribution in [2.75, 3.05) is 0 Å². The molecule has 0 aromatic carbocycles. The highest BCUT2D eigenvalue weighted by molar-refractivity contribution is 4.68. The van der Waals surface area contributed by atoms with Crippen LogP contribution in [0.25, 0.3) is 0 Å². The molecule has 0 aliphatic carbocycles. The quantitative estimate of drug-likeness (QED) is 0.571. The van der Waals surface area contributed by atoms with E-state index < -0.39 is 0 Å². The Hall–Kier alpha value is -0.920. The van der Waals surface area contributed by atoms with Gasteiger partial charge in [-0.25, -0.2) is 4.57 Å². The molecule has 0 unspecified atom stereocenters. The average Bonchev–Trinajstić information content (AvgIpc) is 2.03. The van der Waals surface area contributed by atoms with Crippen LogP contribution >= 0.6 is 0 Å². The van der Waals surface area contributed by atoms with E-state index in [-0.39, 0.29) is 0 Å². The van der Waals surface area contributed by atoms with Crippen molar-refractivity contribution >= 4 is 0 Å². The molecule has 54 valence electrons. The van der Waals surface area contributed by atoms with Gasteiger partial charge in [0.2, 0.25) is 0 Å².